The van der Waals surface area contributed by atoms with Gasteiger partial charge in [0.2, 0.25) is 0 Å². The van der Waals surface area contributed by atoms with E-state index in [-0.39, 0.29) is 17.9 Å². The maximum Gasteiger partial charge on any atom is 0.344 e. The Morgan fingerprint density at radius 3 is 2.61 bits per heavy atom. The molecule has 0 bridgehead atoms. The van der Waals surface area contributed by atoms with Gasteiger partial charge in [-0.2, -0.15) is 0 Å². The fraction of sp³-hybridized carbons (Fsp3) is 0.417. The smallest absolute Gasteiger partial charge is 0.344 e. The highest BCUT2D eigenvalue weighted by atomic mass is 16.6. The number of carboxylic acid groups (broad SMARTS) is 1. The number of benzene rings is 1. The molecule has 0 aromatic heterocycles. The number of aryl methyl sites for hydroxylation is 1. The molecule has 0 amide bonds. The van der Waals surface area contributed by atoms with Crippen molar-refractivity contribution in [2.24, 2.45) is 0 Å². The Morgan fingerprint density at radius 1 is 1.50 bits per heavy atom. The normalized spacial score (nSPS) is 11.9. The first-order chi connectivity index (χ1) is 8.49. The number of hydrogen-bond donors (Lipinski definition) is 1. The van der Waals surface area contributed by atoms with Gasteiger partial charge in [0.25, 0.3) is 0 Å². The topological polar surface area (TPSA) is 89.7 Å². The Hall–Kier alpha value is -2.11. The molecule has 1 atom stereocenters. The van der Waals surface area contributed by atoms with Gasteiger partial charge >= 0.3 is 11.7 Å². The molecule has 1 unspecified atom stereocenters. The summed E-state index contributed by atoms with van der Waals surface area (Å²) in [7, 11) is 0. The number of nitrogens with zero attached hydrogens (tertiary/aromatic N) is 1. The molecule has 98 valence electrons. The minimum absolute atomic E-state index is 0.00792. The molecule has 0 heterocycles. The van der Waals surface area contributed by atoms with Crippen molar-refractivity contribution in [3.63, 3.8) is 0 Å². The summed E-state index contributed by atoms with van der Waals surface area (Å²) in [4.78, 5) is 21.2. The number of rotatable bonds is 6. The SMILES string of the molecule is CCc1ccc(OC(CC)C(=O)O)c([N+](=O)[O-])c1. The van der Waals surface area contributed by atoms with Crippen LogP contribution in [0.2, 0.25) is 0 Å². The third-order valence-electron chi connectivity index (χ3n) is 2.54. The van der Waals surface area contributed by atoms with Gasteiger partial charge in [-0.05, 0) is 24.5 Å². The van der Waals surface area contributed by atoms with Crippen molar-refractivity contribution < 1.29 is 19.6 Å². The standard InChI is InChI=1S/C12H15NO5/c1-3-8-5-6-11(9(7-8)13(16)17)18-10(4-2)12(14)15/h5-7,10H,3-4H2,1-2H3,(H,14,15). The summed E-state index contributed by atoms with van der Waals surface area (Å²) in [5.74, 6) is -1.14. The monoisotopic (exact) mass is 253 g/mol. The average Bonchev–Trinajstić information content (AvgIpc) is 2.35. The minimum atomic E-state index is -1.13. The number of nitro groups is 1. The lowest BCUT2D eigenvalue weighted by Gasteiger charge is -2.13. The fourth-order valence-corrected chi connectivity index (χ4v) is 1.49. The predicted octanol–water partition coefficient (Wildman–Crippen LogP) is 2.40. The number of ether oxygens (including phenoxy) is 1. The largest absolute Gasteiger partial charge is 0.479 e. The van der Waals surface area contributed by atoms with Crippen molar-refractivity contribution in [3.05, 3.63) is 33.9 Å². The van der Waals surface area contributed by atoms with Gasteiger partial charge in [0, 0.05) is 6.07 Å². The van der Waals surface area contributed by atoms with E-state index in [1.807, 2.05) is 6.92 Å². The number of aliphatic carboxylic acids is 1. The van der Waals surface area contributed by atoms with Gasteiger partial charge < -0.3 is 9.84 Å². The zero-order valence-corrected chi connectivity index (χ0v) is 10.3. The summed E-state index contributed by atoms with van der Waals surface area (Å²) in [6.45, 7) is 3.52. The molecule has 0 aliphatic heterocycles. The van der Waals surface area contributed by atoms with Gasteiger partial charge in [0.1, 0.15) is 0 Å². The Balaban J connectivity index is 3.08. The first kappa shape index (κ1) is 14.0. The van der Waals surface area contributed by atoms with Gasteiger partial charge in [0.05, 0.1) is 4.92 Å². The minimum Gasteiger partial charge on any atom is -0.479 e. The molecule has 18 heavy (non-hydrogen) atoms. The van der Waals surface area contributed by atoms with Crippen LogP contribution in [0.1, 0.15) is 25.8 Å². The van der Waals surface area contributed by atoms with Crippen molar-refractivity contribution in [2.45, 2.75) is 32.8 Å². The molecule has 0 fully saturated rings. The van der Waals surface area contributed by atoms with E-state index in [1.54, 1.807) is 13.0 Å². The van der Waals surface area contributed by atoms with E-state index >= 15 is 0 Å². The van der Waals surface area contributed by atoms with E-state index in [2.05, 4.69) is 0 Å². The zero-order chi connectivity index (χ0) is 13.7. The molecule has 0 saturated heterocycles. The molecule has 6 nitrogen and oxygen atoms in total. The Morgan fingerprint density at radius 2 is 2.17 bits per heavy atom. The van der Waals surface area contributed by atoms with Gasteiger partial charge in [-0.3, -0.25) is 10.1 Å². The van der Waals surface area contributed by atoms with E-state index in [0.29, 0.717) is 6.42 Å². The number of carbonyl (C=O) groups is 1. The zero-order valence-electron chi connectivity index (χ0n) is 10.3. The second-order valence-corrected chi connectivity index (χ2v) is 3.77. The number of nitro benzene ring substituents is 1. The van der Waals surface area contributed by atoms with Crippen LogP contribution in [0, 0.1) is 10.1 Å². The van der Waals surface area contributed by atoms with Crippen LogP contribution in [0.4, 0.5) is 5.69 Å². The molecule has 6 heteroatoms. The highest BCUT2D eigenvalue weighted by molar-refractivity contribution is 5.73. The summed E-state index contributed by atoms with van der Waals surface area (Å²) >= 11 is 0. The maximum absolute atomic E-state index is 10.9. The van der Waals surface area contributed by atoms with Gasteiger partial charge in [0.15, 0.2) is 11.9 Å². The summed E-state index contributed by atoms with van der Waals surface area (Å²) in [6.07, 6.45) is -0.171. The third-order valence-corrected chi connectivity index (χ3v) is 2.54. The van der Waals surface area contributed by atoms with Crippen molar-refractivity contribution in [3.8, 4) is 5.75 Å². The van der Waals surface area contributed by atoms with Crippen molar-refractivity contribution in [1.29, 1.82) is 0 Å². The van der Waals surface area contributed by atoms with Crippen LogP contribution < -0.4 is 4.74 Å². The van der Waals surface area contributed by atoms with Crippen LogP contribution in [-0.2, 0) is 11.2 Å². The molecule has 0 aliphatic rings. The molecule has 1 aromatic carbocycles. The number of hydrogen-bond acceptors (Lipinski definition) is 4. The van der Waals surface area contributed by atoms with Gasteiger partial charge in [-0.15, -0.1) is 0 Å². The van der Waals surface area contributed by atoms with Crippen LogP contribution in [0.15, 0.2) is 18.2 Å². The first-order valence-corrected chi connectivity index (χ1v) is 5.66. The Kier molecular flexibility index (Phi) is 4.65. The lowest BCUT2D eigenvalue weighted by atomic mass is 10.1. The molecular formula is C12H15NO5. The van der Waals surface area contributed by atoms with E-state index in [0.717, 1.165) is 5.56 Å². The molecule has 1 aromatic rings. The Labute approximate surface area is 104 Å². The Bertz CT molecular complexity index is 458. The highest BCUT2D eigenvalue weighted by Gasteiger charge is 2.22. The molecule has 0 spiro atoms. The first-order valence-electron chi connectivity index (χ1n) is 5.66. The van der Waals surface area contributed by atoms with Crippen LogP contribution >= 0.6 is 0 Å². The molecule has 0 aliphatic carbocycles. The maximum atomic E-state index is 10.9. The summed E-state index contributed by atoms with van der Waals surface area (Å²) < 4.78 is 5.18. The van der Waals surface area contributed by atoms with Crippen LogP contribution in [0.25, 0.3) is 0 Å². The van der Waals surface area contributed by atoms with Gasteiger partial charge in [-0.1, -0.05) is 19.9 Å². The van der Waals surface area contributed by atoms with Crippen molar-refractivity contribution >= 4 is 11.7 Å². The lowest BCUT2D eigenvalue weighted by Crippen LogP contribution is -2.26. The second-order valence-electron chi connectivity index (χ2n) is 3.77. The van der Waals surface area contributed by atoms with Crippen molar-refractivity contribution in [2.75, 3.05) is 0 Å². The highest BCUT2D eigenvalue weighted by Crippen LogP contribution is 2.29. The lowest BCUT2D eigenvalue weighted by molar-refractivity contribution is -0.386. The summed E-state index contributed by atoms with van der Waals surface area (Å²) in [5, 5.41) is 19.8. The molecule has 0 radical (unpaired) electrons. The van der Waals surface area contributed by atoms with E-state index < -0.39 is 17.0 Å². The van der Waals surface area contributed by atoms with Crippen LogP contribution in [0.5, 0.6) is 5.75 Å². The molecule has 1 N–H and O–H groups in total. The molecular weight excluding hydrogens is 238 g/mol. The molecule has 0 saturated carbocycles. The van der Waals surface area contributed by atoms with E-state index in [4.69, 9.17) is 9.84 Å². The fourth-order valence-electron chi connectivity index (χ4n) is 1.49. The van der Waals surface area contributed by atoms with E-state index in [1.165, 1.54) is 12.1 Å². The predicted molar refractivity (Wildman–Crippen MR) is 64.8 cm³/mol. The quantitative estimate of drug-likeness (QED) is 0.621. The number of carboxylic acids is 1. The van der Waals surface area contributed by atoms with Crippen molar-refractivity contribution in [1.82, 2.24) is 0 Å². The third kappa shape index (κ3) is 3.19. The molecule has 1 rings (SSSR count). The van der Waals surface area contributed by atoms with Crippen LogP contribution in [-0.4, -0.2) is 22.1 Å². The van der Waals surface area contributed by atoms with Crippen LogP contribution in [0.3, 0.4) is 0 Å². The van der Waals surface area contributed by atoms with Gasteiger partial charge in [-0.25, -0.2) is 4.79 Å². The summed E-state index contributed by atoms with van der Waals surface area (Å²) in [6, 6.07) is 4.55. The average molecular weight is 253 g/mol. The second kappa shape index (κ2) is 6.00. The van der Waals surface area contributed by atoms with E-state index in [9.17, 15) is 14.9 Å². The summed E-state index contributed by atoms with van der Waals surface area (Å²) in [5.41, 5.74) is 0.603.